The summed E-state index contributed by atoms with van der Waals surface area (Å²) in [5.41, 5.74) is 0.629. The second kappa shape index (κ2) is 6.61. The van der Waals surface area contributed by atoms with Crippen molar-refractivity contribution in [2.45, 2.75) is 13.3 Å². The van der Waals surface area contributed by atoms with E-state index in [1.54, 1.807) is 12.3 Å². The van der Waals surface area contributed by atoms with Crippen molar-refractivity contribution in [3.63, 3.8) is 0 Å². The third kappa shape index (κ3) is 3.42. The van der Waals surface area contributed by atoms with Crippen molar-refractivity contribution in [1.82, 2.24) is 4.98 Å². The first-order valence-electron chi connectivity index (χ1n) is 6.19. The van der Waals surface area contributed by atoms with Gasteiger partial charge < -0.3 is 4.74 Å². The number of carbonyl (C=O) groups is 1. The van der Waals surface area contributed by atoms with Crippen LogP contribution in [0.2, 0.25) is 0 Å². The van der Waals surface area contributed by atoms with E-state index < -0.39 is 5.82 Å². The summed E-state index contributed by atoms with van der Waals surface area (Å²) in [4.78, 5) is 16.3. The van der Waals surface area contributed by atoms with Crippen LogP contribution in [0.3, 0.4) is 0 Å². The number of ketones is 1. The third-order valence-electron chi connectivity index (χ3n) is 2.62. The average molecular weight is 338 g/mol. The molecule has 0 saturated heterocycles. The van der Waals surface area contributed by atoms with Gasteiger partial charge in [-0.2, -0.15) is 0 Å². The van der Waals surface area contributed by atoms with E-state index in [0.717, 1.165) is 6.42 Å². The molecule has 0 bridgehead atoms. The number of benzene rings is 1. The van der Waals surface area contributed by atoms with Crippen LogP contribution >= 0.6 is 15.9 Å². The van der Waals surface area contributed by atoms with Crippen LogP contribution in [0, 0.1) is 5.82 Å². The van der Waals surface area contributed by atoms with Gasteiger partial charge in [-0.15, -0.1) is 0 Å². The lowest BCUT2D eigenvalue weighted by Gasteiger charge is -2.07. The number of carbonyl (C=O) groups excluding carboxylic acids is 1. The smallest absolute Gasteiger partial charge is 0.195 e. The Kier molecular flexibility index (Phi) is 4.84. The Bertz CT molecular complexity index is 631. The molecule has 0 atom stereocenters. The van der Waals surface area contributed by atoms with E-state index in [-0.39, 0.29) is 11.3 Å². The van der Waals surface area contributed by atoms with Crippen molar-refractivity contribution in [1.29, 1.82) is 0 Å². The number of pyridine rings is 1. The van der Waals surface area contributed by atoms with E-state index in [1.807, 2.05) is 6.92 Å². The zero-order valence-electron chi connectivity index (χ0n) is 10.9. The molecule has 1 heterocycles. The molecule has 0 N–H and O–H groups in total. The van der Waals surface area contributed by atoms with Crippen LogP contribution < -0.4 is 4.74 Å². The molecule has 104 valence electrons. The highest BCUT2D eigenvalue weighted by atomic mass is 79.9. The fourth-order valence-electron chi connectivity index (χ4n) is 1.67. The Morgan fingerprint density at radius 2 is 2.15 bits per heavy atom. The summed E-state index contributed by atoms with van der Waals surface area (Å²) in [6.45, 7) is 2.55. The maximum atomic E-state index is 13.3. The van der Waals surface area contributed by atoms with E-state index in [0.29, 0.717) is 22.4 Å². The highest BCUT2D eigenvalue weighted by Gasteiger charge is 2.14. The Morgan fingerprint density at radius 3 is 2.90 bits per heavy atom. The molecule has 20 heavy (non-hydrogen) atoms. The molecule has 0 spiro atoms. The number of rotatable bonds is 5. The van der Waals surface area contributed by atoms with Crippen molar-refractivity contribution >= 4 is 21.7 Å². The van der Waals surface area contributed by atoms with E-state index in [2.05, 4.69) is 20.9 Å². The second-order valence-electron chi connectivity index (χ2n) is 4.21. The van der Waals surface area contributed by atoms with Crippen LogP contribution in [0.15, 0.2) is 41.1 Å². The highest BCUT2D eigenvalue weighted by molar-refractivity contribution is 9.10. The summed E-state index contributed by atoms with van der Waals surface area (Å²) in [5, 5.41) is 0. The van der Waals surface area contributed by atoms with E-state index in [4.69, 9.17) is 4.74 Å². The summed E-state index contributed by atoms with van der Waals surface area (Å²) < 4.78 is 19.2. The quantitative estimate of drug-likeness (QED) is 0.774. The number of hydrogen-bond acceptors (Lipinski definition) is 3. The summed E-state index contributed by atoms with van der Waals surface area (Å²) >= 11 is 3.25. The van der Waals surface area contributed by atoms with E-state index >= 15 is 0 Å². The molecule has 3 nitrogen and oxygen atoms in total. The van der Waals surface area contributed by atoms with Gasteiger partial charge in [-0.05, 0) is 30.7 Å². The molecule has 5 heteroatoms. The molecule has 0 aliphatic rings. The fourth-order valence-corrected chi connectivity index (χ4v) is 2.10. The number of aromatic nitrogens is 1. The van der Waals surface area contributed by atoms with Gasteiger partial charge in [-0.1, -0.05) is 22.9 Å². The van der Waals surface area contributed by atoms with Gasteiger partial charge in [0, 0.05) is 21.8 Å². The molecule has 0 aliphatic carbocycles. The first kappa shape index (κ1) is 14.7. The van der Waals surface area contributed by atoms with Crippen LogP contribution in [0.4, 0.5) is 4.39 Å². The number of nitrogens with zero attached hydrogens (tertiary/aromatic N) is 1. The van der Waals surface area contributed by atoms with Crippen LogP contribution in [-0.4, -0.2) is 17.4 Å². The predicted molar refractivity (Wildman–Crippen MR) is 77.6 cm³/mol. The van der Waals surface area contributed by atoms with Crippen molar-refractivity contribution in [3.8, 4) is 5.75 Å². The van der Waals surface area contributed by atoms with Gasteiger partial charge >= 0.3 is 0 Å². The third-order valence-corrected chi connectivity index (χ3v) is 3.31. The van der Waals surface area contributed by atoms with Crippen LogP contribution in [0.5, 0.6) is 5.75 Å². The Morgan fingerprint density at radius 1 is 1.35 bits per heavy atom. The Balaban J connectivity index is 2.31. The van der Waals surface area contributed by atoms with Crippen LogP contribution in [0.1, 0.15) is 29.3 Å². The molecule has 0 fully saturated rings. The maximum Gasteiger partial charge on any atom is 0.195 e. The summed E-state index contributed by atoms with van der Waals surface area (Å²) in [6, 6.07) is 5.61. The van der Waals surface area contributed by atoms with E-state index in [1.165, 1.54) is 24.4 Å². The Labute approximate surface area is 124 Å². The summed E-state index contributed by atoms with van der Waals surface area (Å²) in [6.07, 6.45) is 3.86. The van der Waals surface area contributed by atoms with Gasteiger partial charge in [-0.3, -0.25) is 9.78 Å². The average Bonchev–Trinajstić information content (AvgIpc) is 2.47. The van der Waals surface area contributed by atoms with Crippen molar-refractivity contribution in [2.75, 3.05) is 6.61 Å². The Hall–Kier alpha value is -1.75. The molecule has 0 unspecified atom stereocenters. The molecule has 0 aliphatic heterocycles. The molecule has 0 amide bonds. The van der Waals surface area contributed by atoms with Gasteiger partial charge in [0.2, 0.25) is 0 Å². The van der Waals surface area contributed by atoms with Gasteiger partial charge in [0.1, 0.15) is 11.6 Å². The zero-order valence-corrected chi connectivity index (χ0v) is 12.5. The van der Waals surface area contributed by atoms with Crippen molar-refractivity contribution in [3.05, 3.63) is 58.1 Å². The minimum Gasteiger partial charge on any atom is -0.492 e. The largest absolute Gasteiger partial charge is 0.492 e. The molecule has 0 radical (unpaired) electrons. The molecule has 1 aromatic carbocycles. The molecule has 2 rings (SSSR count). The van der Waals surface area contributed by atoms with Crippen LogP contribution in [-0.2, 0) is 0 Å². The SMILES string of the molecule is CCCOc1cncc(C(=O)c2cc(F)ccc2Br)c1. The molecule has 2 aromatic rings. The molecule has 1 aromatic heterocycles. The molecular weight excluding hydrogens is 325 g/mol. The number of halogens is 2. The van der Waals surface area contributed by atoms with Gasteiger partial charge in [0.15, 0.2) is 5.78 Å². The minimum atomic E-state index is -0.456. The first-order valence-corrected chi connectivity index (χ1v) is 6.98. The molecular formula is C15H13BrFNO2. The monoisotopic (exact) mass is 337 g/mol. The normalized spacial score (nSPS) is 10.3. The molecule has 0 saturated carbocycles. The zero-order chi connectivity index (χ0) is 14.5. The van der Waals surface area contributed by atoms with E-state index in [9.17, 15) is 9.18 Å². The second-order valence-corrected chi connectivity index (χ2v) is 5.07. The summed E-state index contributed by atoms with van der Waals surface area (Å²) in [5.74, 6) is -0.223. The topological polar surface area (TPSA) is 39.2 Å². The van der Waals surface area contributed by atoms with Crippen molar-refractivity contribution in [2.24, 2.45) is 0 Å². The van der Waals surface area contributed by atoms with Gasteiger partial charge in [-0.25, -0.2) is 4.39 Å². The summed E-state index contributed by atoms with van der Waals surface area (Å²) in [7, 11) is 0. The number of hydrogen-bond donors (Lipinski definition) is 0. The minimum absolute atomic E-state index is 0.263. The highest BCUT2D eigenvalue weighted by Crippen LogP contribution is 2.22. The lowest BCUT2D eigenvalue weighted by atomic mass is 10.0. The standard InChI is InChI=1S/C15H13BrFNO2/c1-2-5-20-12-6-10(8-18-9-12)15(19)13-7-11(17)3-4-14(13)16/h3-4,6-9H,2,5H2,1H3. The maximum absolute atomic E-state index is 13.3. The van der Waals surface area contributed by atoms with Gasteiger partial charge in [0.25, 0.3) is 0 Å². The predicted octanol–water partition coefficient (Wildman–Crippen LogP) is 4.00. The lowest BCUT2D eigenvalue weighted by molar-refractivity contribution is 0.103. The van der Waals surface area contributed by atoms with Gasteiger partial charge in [0.05, 0.1) is 12.8 Å². The lowest BCUT2D eigenvalue weighted by Crippen LogP contribution is -2.05. The fraction of sp³-hybridized carbons (Fsp3) is 0.200. The first-order chi connectivity index (χ1) is 9.61. The van der Waals surface area contributed by atoms with Crippen molar-refractivity contribution < 1.29 is 13.9 Å². The number of ether oxygens (including phenoxy) is 1. The van der Waals surface area contributed by atoms with Crippen LogP contribution in [0.25, 0.3) is 0 Å².